The molecule has 0 radical (unpaired) electrons. The zero-order chi connectivity index (χ0) is 10.6. The topological polar surface area (TPSA) is 29.5 Å². The van der Waals surface area contributed by atoms with Gasteiger partial charge in [-0.05, 0) is 18.6 Å². The molecule has 14 heavy (non-hydrogen) atoms. The van der Waals surface area contributed by atoms with Crippen LogP contribution in [0.3, 0.4) is 0 Å². The van der Waals surface area contributed by atoms with Gasteiger partial charge in [0.05, 0.1) is 18.2 Å². The first-order valence-corrected chi connectivity index (χ1v) is 5.09. The summed E-state index contributed by atoms with van der Waals surface area (Å²) in [5.41, 5.74) is 0.693. The average molecular weight is 215 g/mol. The summed E-state index contributed by atoms with van der Waals surface area (Å²) in [7, 11) is 1.58. The second-order valence-electron chi connectivity index (χ2n) is 3.16. The number of methoxy groups -OCH3 is 1. The van der Waals surface area contributed by atoms with Gasteiger partial charge in [0, 0.05) is 5.56 Å². The second-order valence-corrected chi connectivity index (χ2v) is 3.57. The molecule has 0 amide bonds. The fourth-order valence-electron chi connectivity index (χ4n) is 1.44. The third kappa shape index (κ3) is 2.40. The Morgan fingerprint density at radius 3 is 2.79 bits per heavy atom. The maximum Gasteiger partial charge on any atom is 0.126 e. The van der Waals surface area contributed by atoms with Crippen molar-refractivity contribution in [3.63, 3.8) is 0 Å². The number of aliphatic hydroxyl groups is 1. The first-order chi connectivity index (χ1) is 6.70. The van der Waals surface area contributed by atoms with E-state index in [-0.39, 0.29) is 0 Å². The predicted octanol–water partition coefficient (Wildman–Crippen LogP) is 3.18. The van der Waals surface area contributed by atoms with Crippen LogP contribution < -0.4 is 4.74 Å². The van der Waals surface area contributed by atoms with E-state index in [1.165, 1.54) is 0 Å². The Morgan fingerprint density at radius 2 is 2.21 bits per heavy atom. The van der Waals surface area contributed by atoms with E-state index in [0.717, 1.165) is 6.42 Å². The van der Waals surface area contributed by atoms with Crippen LogP contribution in [0.1, 0.15) is 31.4 Å². The fourth-order valence-corrected chi connectivity index (χ4v) is 1.73. The Kier molecular flexibility index (Phi) is 4.23. The molecular weight excluding hydrogens is 200 g/mol. The van der Waals surface area contributed by atoms with Gasteiger partial charge in [0.2, 0.25) is 0 Å². The van der Waals surface area contributed by atoms with E-state index in [4.69, 9.17) is 16.3 Å². The molecule has 0 heterocycles. The van der Waals surface area contributed by atoms with E-state index < -0.39 is 6.10 Å². The van der Waals surface area contributed by atoms with E-state index in [2.05, 4.69) is 0 Å². The van der Waals surface area contributed by atoms with Gasteiger partial charge < -0.3 is 9.84 Å². The van der Waals surface area contributed by atoms with Gasteiger partial charge in [0.15, 0.2) is 0 Å². The third-order valence-corrected chi connectivity index (χ3v) is 2.46. The molecule has 3 heteroatoms. The Morgan fingerprint density at radius 1 is 1.50 bits per heavy atom. The lowest BCUT2D eigenvalue weighted by Gasteiger charge is -2.15. The number of ether oxygens (including phenoxy) is 1. The van der Waals surface area contributed by atoms with Gasteiger partial charge in [-0.25, -0.2) is 0 Å². The molecule has 1 aromatic rings. The smallest absolute Gasteiger partial charge is 0.126 e. The van der Waals surface area contributed by atoms with Crippen LogP contribution in [0.25, 0.3) is 0 Å². The fraction of sp³-hybridized carbons (Fsp3) is 0.455. The zero-order valence-electron chi connectivity index (χ0n) is 8.46. The van der Waals surface area contributed by atoms with Gasteiger partial charge in [0.25, 0.3) is 0 Å². The molecule has 1 unspecified atom stereocenters. The number of hydrogen-bond donors (Lipinski definition) is 1. The van der Waals surface area contributed by atoms with E-state index in [1.54, 1.807) is 19.2 Å². The Labute approximate surface area is 89.5 Å². The molecule has 1 N–H and O–H groups in total. The van der Waals surface area contributed by atoms with Crippen molar-refractivity contribution in [3.8, 4) is 5.75 Å². The lowest BCUT2D eigenvalue weighted by atomic mass is 10.0. The van der Waals surface area contributed by atoms with Gasteiger partial charge in [-0.15, -0.1) is 0 Å². The van der Waals surface area contributed by atoms with Gasteiger partial charge in [-0.1, -0.05) is 31.0 Å². The summed E-state index contributed by atoms with van der Waals surface area (Å²) in [6.45, 7) is 2.02. The summed E-state index contributed by atoms with van der Waals surface area (Å²) >= 11 is 6.00. The quantitative estimate of drug-likeness (QED) is 0.834. The molecule has 78 valence electrons. The van der Waals surface area contributed by atoms with Crippen LogP contribution in [0.5, 0.6) is 5.75 Å². The maximum absolute atomic E-state index is 9.85. The molecule has 1 atom stereocenters. The van der Waals surface area contributed by atoms with Gasteiger partial charge >= 0.3 is 0 Å². The number of benzene rings is 1. The molecule has 0 aliphatic rings. The van der Waals surface area contributed by atoms with Gasteiger partial charge in [-0.3, -0.25) is 0 Å². The van der Waals surface area contributed by atoms with Crippen LogP contribution in [0.4, 0.5) is 0 Å². The Balaban J connectivity index is 3.03. The highest BCUT2D eigenvalue weighted by Crippen LogP contribution is 2.33. The first-order valence-electron chi connectivity index (χ1n) is 4.71. The van der Waals surface area contributed by atoms with Crippen LogP contribution in [-0.4, -0.2) is 12.2 Å². The molecule has 2 nitrogen and oxygen atoms in total. The van der Waals surface area contributed by atoms with Gasteiger partial charge in [-0.2, -0.15) is 0 Å². The molecule has 0 aromatic heterocycles. The lowest BCUT2D eigenvalue weighted by molar-refractivity contribution is 0.162. The molecule has 1 aromatic carbocycles. The van der Waals surface area contributed by atoms with Crippen LogP contribution in [0, 0.1) is 0 Å². The SMILES string of the molecule is CCCC(O)c1c(Cl)cccc1OC. The number of hydrogen-bond acceptors (Lipinski definition) is 2. The maximum atomic E-state index is 9.85. The van der Waals surface area contributed by atoms with Crippen LogP contribution in [-0.2, 0) is 0 Å². The largest absolute Gasteiger partial charge is 0.496 e. The second kappa shape index (κ2) is 5.23. The highest BCUT2D eigenvalue weighted by Gasteiger charge is 2.15. The van der Waals surface area contributed by atoms with Crippen molar-refractivity contribution < 1.29 is 9.84 Å². The zero-order valence-corrected chi connectivity index (χ0v) is 9.21. The van der Waals surface area contributed by atoms with Crippen molar-refractivity contribution in [3.05, 3.63) is 28.8 Å². The minimum Gasteiger partial charge on any atom is -0.496 e. The Bertz CT molecular complexity index is 299. The normalized spacial score (nSPS) is 12.6. The van der Waals surface area contributed by atoms with E-state index >= 15 is 0 Å². The molecule has 1 rings (SSSR count). The number of halogens is 1. The van der Waals surface area contributed by atoms with E-state index in [1.807, 2.05) is 13.0 Å². The summed E-state index contributed by atoms with van der Waals surface area (Å²) in [6.07, 6.45) is 1.07. The predicted molar refractivity (Wildman–Crippen MR) is 57.9 cm³/mol. The van der Waals surface area contributed by atoms with Gasteiger partial charge in [0.1, 0.15) is 5.75 Å². The highest BCUT2D eigenvalue weighted by molar-refractivity contribution is 6.31. The summed E-state index contributed by atoms with van der Waals surface area (Å²) in [6, 6.07) is 5.38. The summed E-state index contributed by atoms with van der Waals surface area (Å²) in [5.74, 6) is 0.651. The van der Waals surface area contributed by atoms with Crippen molar-refractivity contribution in [1.82, 2.24) is 0 Å². The molecule has 0 saturated heterocycles. The van der Waals surface area contributed by atoms with Crippen molar-refractivity contribution >= 4 is 11.6 Å². The monoisotopic (exact) mass is 214 g/mol. The first kappa shape index (κ1) is 11.3. The van der Waals surface area contributed by atoms with E-state index in [0.29, 0.717) is 22.8 Å². The minimum atomic E-state index is -0.538. The molecule has 0 spiro atoms. The standard InChI is InChI=1S/C11H15ClO2/c1-3-5-9(13)11-8(12)6-4-7-10(11)14-2/h4,6-7,9,13H,3,5H2,1-2H3. The Hall–Kier alpha value is -0.730. The minimum absolute atomic E-state index is 0.538. The van der Waals surface area contributed by atoms with Crippen molar-refractivity contribution in [1.29, 1.82) is 0 Å². The molecule has 0 fully saturated rings. The van der Waals surface area contributed by atoms with Crippen LogP contribution >= 0.6 is 11.6 Å². The summed E-state index contributed by atoms with van der Waals surface area (Å²) in [4.78, 5) is 0. The molecule has 0 aliphatic carbocycles. The molecule has 0 saturated carbocycles. The van der Waals surface area contributed by atoms with Crippen molar-refractivity contribution in [2.75, 3.05) is 7.11 Å². The molecular formula is C11H15ClO2. The molecule has 0 aliphatic heterocycles. The third-order valence-electron chi connectivity index (χ3n) is 2.13. The van der Waals surface area contributed by atoms with Crippen molar-refractivity contribution in [2.45, 2.75) is 25.9 Å². The average Bonchev–Trinajstić information content (AvgIpc) is 2.17. The molecule has 0 bridgehead atoms. The number of rotatable bonds is 4. The summed E-state index contributed by atoms with van der Waals surface area (Å²) in [5, 5.41) is 10.4. The highest BCUT2D eigenvalue weighted by atomic mass is 35.5. The van der Waals surface area contributed by atoms with E-state index in [9.17, 15) is 5.11 Å². The number of aliphatic hydroxyl groups excluding tert-OH is 1. The summed E-state index contributed by atoms with van der Waals surface area (Å²) < 4.78 is 5.15. The van der Waals surface area contributed by atoms with Crippen LogP contribution in [0.2, 0.25) is 5.02 Å². The van der Waals surface area contributed by atoms with Crippen LogP contribution in [0.15, 0.2) is 18.2 Å². The van der Waals surface area contributed by atoms with Crippen molar-refractivity contribution in [2.24, 2.45) is 0 Å². The lowest BCUT2D eigenvalue weighted by Crippen LogP contribution is -2.01.